The van der Waals surface area contributed by atoms with Gasteiger partial charge in [-0.2, -0.15) is 0 Å². The molecule has 2 rings (SSSR count). The molecule has 0 saturated heterocycles. The lowest BCUT2D eigenvalue weighted by molar-refractivity contribution is 0.104. The Balaban J connectivity index is 2.23. The van der Waals surface area contributed by atoms with Gasteiger partial charge in [0, 0.05) is 22.1 Å². The summed E-state index contributed by atoms with van der Waals surface area (Å²) in [5.41, 5.74) is 0.593. The Morgan fingerprint density at radius 1 is 1.18 bits per heavy atom. The second kappa shape index (κ2) is 7.22. The summed E-state index contributed by atoms with van der Waals surface area (Å²) in [6.45, 7) is 0. The van der Waals surface area contributed by atoms with Crippen molar-refractivity contribution >= 4 is 23.6 Å². The molecule has 2 nitrogen and oxygen atoms in total. The number of halogens is 2. The van der Waals surface area contributed by atoms with Crippen LogP contribution in [0.3, 0.4) is 0 Å². The monoisotopic (exact) mass is 320 g/mol. The Kier molecular flexibility index (Phi) is 5.33. The second-order valence-electron chi connectivity index (χ2n) is 4.43. The average molecular weight is 320 g/mol. The summed E-state index contributed by atoms with van der Waals surface area (Å²) < 4.78 is 31.5. The molecule has 0 atom stereocenters. The predicted octanol–water partition coefficient (Wildman–Crippen LogP) is 4.59. The summed E-state index contributed by atoms with van der Waals surface area (Å²) >= 11 is 1.51. The minimum Gasteiger partial charge on any atom is -0.496 e. The van der Waals surface area contributed by atoms with Crippen molar-refractivity contribution in [2.45, 2.75) is 4.90 Å². The van der Waals surface area contributed by atoms with Gasteiger partial charge in [-0.3, -0.25) is 4.79 Å². The molecule has 114 valence electrons. The third-order valence-corrected chi connectivity index (χ3v) is 3.82. The highest BCUT2D eigenvalue weighted by Gasteiger charge is 2.08. The summed E-state index contributed by atoms with van der Waals surface area (Å²) in [6, 6.07) is 8.32. The van der Waals surface area contributed by atoms with Gasteiger partial charge in [-0.05, 0) is 48.7 Å². The van der Waals surface area contributed by atoms with Gasteiger partial charge in [-0.15, -0.1) is 11.8 Å². The number of methoxy groups -OCH3 is 1. The second-order valence-corrected chi connectivity index (χ2v) is 5.28. The minimum absolute atomic E-state index is 0.155. The maximum Gasteiger partial charge on any atom is 0.185 e. The fraction of sp³-hybridized carbons (Fsp3) is 0.118. The van der Waals surface area contributed by atoms with Crippen LogP contribution in [0.5, 0.6) is 5.75 Å². The molecule has 0 bridgehead atoms. The number of carbonyl (C=O) groups is 1. The molecule has 5 heteroatoms. The van der Waals surface area contributed by atoms with Crippen molar-refractivity contribution in [3.8, 4) is 5.75 Å². The van der Waals surface area contributed by atoms with E-state index >= 15 is 0 Å². The number of carbonyl (C=O) groups excluding carboxylic acids is 1. The molecule has 0 aliphatic heterocycles. The SMILES string of the molecule is COc1cc(C(=O)/C=C/c2ccc(F)cc2F)ccc1SC. The van der Waals surface area contributed by atoms with Gasteiger partial charge in [0.15, 0.2) is 5.78 Å². The summed E-state index contributed by atoms with van der Waals surface area (Å²) in [5, 5.41) is 0. The van der Waals surface area contributed by atoms with Crippen molar-refractivity contribution in [3.05, 3.63) is 65.2 Å². The van der Waals surface area contributed by atoms with Crippen LogP contribution in [0.4, 0.5) is 8.78 Å². The number of ketones is 1. The first-order valence-corrected chi connectivity index (χ1v) is 7.67. The van der Waals surface area contributed by atoms with Crippen molar-refractivity contribution in [3.63, 3.8) is 0 Å². The molecule has 0 amide bonds. The maximum atomic E-state index is 13.5. The Morgan fingerprint density at radius 3 is 2.59 bits per heavy atom. The Labute approximate surface area is 131 Å². The van der Waals surface area contributed by atoms with E-state index in [0.717, 1.165) is 17.0 Å². The molecular weight excluding hydrogens is 306 g/mol. The van der Waals surface area contributed by atoms with E-state index in [1.54, 1.807) is 18.2 Å². The first-order chi connectivity index (χ1) is 10.5. The molecule has 0 radical (unpaired) electrons. The number of hydrogen-bond donors (Lipinski definition) is 0. The Bertz CT molecular complexity index is 727. The molecule has 0 aliphatic carbocycles. The van der Waals surface area contributed by atoms with Crippen LogP contribution in [0.2, 0.25) is 0 Å². The topological polar surface area (TPSA) is 26.3 Å². The van der Waals surface area contributed by atoms with E-state index in [1.165, 1.54) is 37.1 Å². The molecule has 2 aromatic rings. The molecule has 0 aliphatic rings. The van der Waals surface area contributed by atoms with E-state index in [9.17, 15) is 13.6 Å². The zero-order valence-corrected chi connectivity index (χ0v) is 12.9. The van der Waals surface area contributed by atoms with Crippen LogP contribution < -0.4 is 4.74 Å². The molecule has 0 saturated carbocycles. The zero-order valence-electron chi connectivity index (χ0n) is 12.1. The first kappa shape index (κ1) is 16.2. The lowest BCUT2D eigenvalue weighted by Gasteiger charge is -2.07. The molecular formula is C17H14F2O2S. The van der Waals surface area contributed by atoms with E-state index in [0.29, 0.717) is 11.3 Å². The minimum atomic E-state index is -0.709. The maximum absolute atomic E-state index is 13.5. The van der Waals surface area contributed by atoms with Gasteiger partial charge in [-0.1, -0.05) is 0 Å². The molecule has 0 spiro atoms. The van der Waals surface area contributed by atoms with Crippen LogP contribution in [0.15, 0.2) is 47.4 Å². The summed E-state index contributed by atoms with van der Waals surface area (Å²) in [5.74, 6) is -1.04. The van der Waals surface area contributed by atoms with Gasteiger partial charge in [0.1, 0.15) is 17.4 Å². The summed E-state index contributed by atoms with van der Waals surface area (Å²) in [7, 11) is 1.53. The molecule has 2 aromatic carbocycles. The summed E-state index contributed by atoms with van der Waals surface area (Å²) in [6.07, 6.45) is 4.49. The fourth-order valence-corrected chi connectivity index (χ4v) is 2.44. The van der Waals surface area contributed by atoms with Crippen LogP contribution in [0.1, 0.15) is 15.9 Å². The standard InChI is InChI=1S/C17H14F2O2S/c1-21-16-9-12(5-8-17(16)22-2)15(20)7-4-11-3-6-13(18)10-14(11)19/h3-10H,1-2H3/b7-4+. The van der Waals surface area contributed by atoms with Gasteiger partial charge in [0.05, 0.1) is 7.11 Å². The van der Waals surface area contributed by atoms with E-state index < -0.39 is 11.6 Å². The van der Waals surface area contributed by atoms with Crippen LogP contribution in [-0.4, -0.2) is 19.1 Å². The molecule has 22 heavy (non-hydrogen) atoms. The molecule has 0 aromatic heterocycles. The highest BCUT2D eigenvalue weighted by atomic mass is 32.2. The first-order valence-electron chi connectivity index (χ1n) is 6.44. The van der Waals surface area contributed by atoms with Crippen LogP contribution in [0, 0.1) is 11.6 Å². The number of ether oxygens (including phenoxy) is 1. The van der Waals surface area contributed by atoms with E-state index in [-0.39, 0.29) is 11.3 Å². The van der Waals surface area contributed by atoms with Crippen LogP contribution >= 0.6 is 11.8 Å². The lowest BCUT2D eigenvalue weighted by atomic mass is 10.1. The third kappa shape index (κ3) is 3.74. The van der Waals surface area contributed by atoms with Crippen molar-refractivity contribution in [2.24, 2.45) is 0 Å². The largest absolute Gasteiger partial charge is 0.496 e. The molecule has 0 fully saturated rings. The average Bonchev–Trinajstić information content (AvgIpc) is 2.53. The molecule has 0 N–H and O–H groups in total. The number of hydrogen-bond acceptors (Lipinski definition) is 3. The van der Waals surface area contributed by atoms with Gasteiger partial charge < -0.3 is 4.74 Å². The van der Waals surface area contributed by atoms with Crippen molar-refractivity contribution in [1.82, 2.24) is 0 Å². The quantitative estimate of drug-likeness (QED) is 0.458. The van der Waals surface area contributed by atoms with Gasteiger partial charge >= 0.3 is 0 Å². The van der Waals surface area contributed by atoms with Crippen LogP contribution in [0.25, 0.3) is 6.08 Å². The number of benzene rings is 2. The van der Waals surface area contributed by atoms with Crippen LogP contribution in [-0.2, 0) is 0 Å². The summed E-state index contributed by atoms with van der Waals surface area (Å²) in [4.78, 5) is 13.0. The van der Waals surface area contributed by atoms with Gasteiger partial charge in [-0.25, -0.2) is 8.78 Å². The highest BCUT2D eigenvalue weighted by Crippen LogP contribution is 2.28. The van der Waals surface area contributed by atoms with E-state index in [2.05, 4.69) is 0 Å². The van der Waals surface area contributed by atoms with E-state index in [4.69, 9.17) is 4.74 Å². The predicted molar refractivity (Wildman–Crippen MR) is 84.5 cm³/mol. The van der Waals surface area contributed by atoms with Crippen molar-refractivity contribution in [2.75, 3.05) is 13.4 Å². The molecule has 0 unspecified atom stereocenters. The molecule has 0 heterocycles. The highest BCUT2D eigenvalue weighted by molar-refractivity contribution is 7.98. The zero-order chi connectivity index (χ0) is 16.1. The number of allylic oxidation sites excluding steroid dienone is 1. The Hall–Kier alpha value is -2.14. The van der Waals surface area contributed by atoms with Gasteiger partial charge in [0.2, 0.25) is 0 Å². The third-order valence-electron chi connectivity index (χ3n) is 3.04. The fourth-order valence-electron chi connectivity index (χ4n) is 1.89. The van der Waals surface area contributed by atoms with Crippen molar-refractivity contribution < 1.29 is 18.3 Å². The smallest absolute Gasteiger partial charge is 0.185 e. The normalized spacial score (nSPS) is 10.9. The number of thioether (sulfide) groups is 1. The van der Waals surface area contributed by atoms with E-state index in [1.807, 2.05) is 6.26 Å². The lowest BCUT2D eigenvalue weighted by Crippen LogP contribution is -1.96. The Morgan fingerprint density at radius 2 is 1.95 bits per heavy atom. The number of rotatable bonds is 5. The van der Waals surface area contributed by atoms with Crippen molar-refractivity contribution in [1.29, 1.82) is 0 Å². The van der Waals surface area contributed by atoms with Gasteiger partial charge in [0.25, 0.3) is 0 Å².